The van der Waals surface area contributed by atoms with Crippen molar-refractivity contribution in [3.05, 3.63) is 23.7 Å². The van der Waals surface area contributed by atoms with Crippen LogP contribution in [0.2, 0.25) is 0 Å². The van der Waals surface area contributed by atoms with E-state index in [0.29, 0.717) is 0 Å². The SMILES string of the molecule is CCCc1nc(NCC)c(C)c(-c2ccnn2C)n1. The molecule has 2 heterocycles. The van der Waals surface area contributed by atoms with E-state index in [4.69, 9.17) is 4.98 Å². The molecule has 1 N–H and O–H groups in total. The summed E-state index contributed by atoms with van der Waals surface area (Å²) in [7, 11) is 1.93. The van der Waals surface area contributed by atoms with Crippen LogP contribution in [-0.4, -0.2) is 26.3 Å². The molecule has 0 aromatic carbocycles. The Labute approximate surface area is 114 Å². The summed E-state index contributed by atoms with van der Waals surface area (Å²) < 4.78 is 1.85. The second-order valence-corrected chi connectivity index (χ2v) is 4.58. The molecule has 0 unspecified atom stereocenters. The molecule has 0 amide bonds. The lowest BCUT2D eigenvalue weighted by atomic mass is 10.1. The van der Waals surface area contributed by atoms with Crippen molar-refractivity contribution in [1.29, 1.82) is 0 Å². The van der Waals surface area contributed by atoms with Gasteiger partial charge in [-0.2, -0.15) is 5.10 Å². The molecule has 19 heavy (non-hydrogen) atoms. The average Bonchev–Trinajstić information content (AvgIpc) is 2.80. The van der Waals surface area contributed by atoms with Gasteiger partial charge in [0.15, 0.2) is 0 Å². The lowest BCUT2D eigenvalue weighted by Gasteiger charge is -2.13. The number of aromatic nitrogens is 4. The molecule has 0 aliphatic rings. The molecule has 0 saturated heterocycles. The van der Waals surface area contributed by atoms with Gasteiger partial charge in [-0.3, -0.25) is 4.68 Å². The molecule has 102 valence electrons. The lowest BCUT2D eigenvalue weighted by molar-refractivity contribution is 0.767. The predicted molar refractivity (Wildman–Crippen MR) is 77.1 cm³/mol. The maximum Gasteiger partial charge on any atom is 0.133 e. The maximum atomic E-state index is 4.70. The van der Waals surface area contributed by atoms with Crippen LogP contribution >= 0.6 is 0 Å². The van der Waals surface area contributed by atoms with Crippen LogP contribution in [0.15, 0.2) is 12.3 Å². The third-order valence-corrected chi connectivity index (χ3v) is 3.07. The van der Waals surface area contributed by atoms with Crippen molar-refractivity contribution in [3.8, 4) is 11.4 Å². The minimum Gasteiger partial charge on any atom is -0.370 e. The van der Waals surface area contributed by atoms with E-state index in [-0.39, 0.29) is 0 Å². The van der Waals surface area contributed by atoms with Crippen molar-refractivity contribution in [2.24, 2.45) is 7.05 Å². The highest BCUT2D eigenvalue weighted by molar-refractivity contribution is 5.65. The summed E-state index contributed by atoms with van der Waals surface area (Å²) >= 11 is 0. The van der Waals surface area contributed by atoms with E-state index in [9.17, 15) is 0 Å². The highest BCUT2D eigenvalue weighted by Gasteiger charge is 2.14. The normalized spacial score (nSPS) is 10.7. The number of rotatable bonds is 5. The van der Waals surface area contributed by atoms with E-state index in [2.05, 4.69) is 36.2 Å². The molecule has 0 aliphatic carbocycles. The zero-order valence-corrected chi connectivity index (χ0v) is 12.1. The van der Waals surface area contributed by atoms with Gasteiger partial charge in [-0.1, -0.05) is 6.92 Å². The molecule has 2 aromatic rings. The number of anilines is 1. The Balaban J connectivity index is 2.55. The van der Waals surface area contributed by atoms with Gasteiger partial charge in [0.05, 0.1) is 11.4 Å². The number of hydrogen-bond acceptors (Lipinski definition) is 4. The van der Waals surface area contributed by atoms with Crippen molar-refractivity contribution < 1.29 is 0 Å². The molecule has 5 nitrogen and oxygen atoms in total. The second-order valence-electron chi connectivity index (χ2n) is 4.58. The Morgan fingerprint density at radius 1 is 1.26 bits per heavy atom. The highest BCUT2D eigenvalue weighted by Crippen LogP contribution is 2.25. The highest BCUT2D eigenvalue weighted by atomic mass is 15.3. The molecule has 0 bridgehead atoms. The molecule has 0 spiro atoms. The van der Waals surface area contributed by atoms with Gasteiger partial charge in [-0.05, 0) is 26.3 Å². The summed E-state index contributed by atoms with van der Waals surface area (Å²) in [5.41, 5.74) is 3.07. The van der Waals surface area contributed by atoms with Crippen molar-refractivity contribution >= 4 is 5.82 Å². The van der Waals surface area contributed by atoms with Gasteiger partial charge in [0.1, 0.15) is 11.6 Å². The molecular formula is C14H21N5. The van der Waals surface area contributed by atoms with Crippen LogP contribution in [0, 0.1) is 6.92 Å². The van der Waals surface area contributed by atoms with Crippen LogP contribution in [0.3, 0.4) is 0 Å². The van der Waals surface area contributed by atoms with Crippen LogP contribution < -0.4 is 5.32 Å². The van der Waals surface area contributed by atoms with E-state index in [1.54, 1.807) is 6.20 Å². The molecule has 0 saturated carbocycles. The Hall–Kier alpha value is -1.91. The number of hydrogen-bond donors (Lipinski definition) is 1. The number of aryl methyl sites for hydroxylation is 2. The second kappa shape index (κ2) is 5.82. The third-order valence-electron chi connectivity index (χ3n) is 3.07. The fourth-order valence-electron chi connectivity index (χ4n) is 2.09. The van der Waals surface area contributed by atoms with Gasteiger partial charge < -0.3 is 5.32 Å². The Morgan fingerprint density at radius 3 is 2.63 bits per heavy atom. The summed E-state index contributed by atoms with van der Waals surface area (Å²) in [6, 6.07) is 1.99. The molecule has 0 aliphatic heterocycles. The van der Waals surface area contributed by atoms with Crippen molar-refractivity contribution in [2.75, 3.05) is 11.9 Å². The van der Waals surface area contributed by atoms with Crippen LogP contribution in [0.5, 0.6) is 0 Å². The molecule has 5 heteroatoms. The van der Waals surface area contributed by atoms with Gasteiger partial charge in [-0.25, -0.2) is 9.97 Å². The zero-order chi connectivity index (χ0) is 13.8. The van der Waals surface area contributed by atoms with Crippen molar-refractivity contribution in [3.63, 3.8) is 0 Å². The van der Waals surface area contributed by atoms with E-state index in [1.165, 1.54) is 0 Å². The fourth-order valence-corrected chi connectivity index (χ4v) is 2.09. The Bertz CT molecular complexity index is 559. The van der Waals surface area contributed by atoms with E-state index >= 15 is 0 Å². The molecule has 0 atom stereocenters. The lowest BCUT2D eigenvalue weighted by Crippen LogP contribution is -2.09. The van der Waals surface area contributed by atoms with Gasteiger partial charge in [0.25, 0.3) is 0 Å². The summed E-state index contributed by atoms with van der Waals surface area (Å²) in [6.07, 6.45) is 3.73. The quantitative estimate of drug-likeness (QED) is 0.896. The van der Waals surface area contributed by atoms with Crippen LogP contribution in [0.25, 0.3) is 11.4 Å². The molecule has 0 radical (unpaired) electrons. The standard InChI is InChI=1S/C14H21N5/c1-5-7-12-17-13(11-8-9-16-19(11)4)10(3)14(18-12)15-6-2/h8-9H,5-7H2,1-4H3,(H,15,17,18). The summed E-state index contributed by atoms with van der Waals surface area (Å²) in [4.78, 5) is 9.30. The topological polar surface area (TPSA) is 55.6 Å². The van der Waals surface area contributed by atoms with Crippen molar-refractivity contribution in [1.82, 2.24) is 19.7 Å². The van der Waals surface area contributed by atoms with E-state index in [1.807, 2.05) is 17.8 Å². The Morgan fingerprint density at radius 2 is 2.05 bits per heavy atom. The van der Waals surface area contributed by atoms with Crippen LogP contribution in [0.4, 0.5) is 5.82 Å². The molecule has 2 aromatic heterocycles. The monoisotopic (exact) mass is 259 g/mol. The predicted octanol–water partition coefficient (Wildman–Crippen LogP) is 2.57. The van der Waals surface area contributed by atoms with Crippen molar-refractivity contribution in [2.45, 2.75) is 33.6 Å². The maximum absolute atomic E-state index is 4.70. The number of nitrogens with one attached hydrogen (secondary N) is 1. The van der Waals surface area contributed by atoms with Crippen LogP contribution in [-0.2, 0) is 13.5 Å². The smallest absolute Gasteiger partial charge is 0.133 e. The van der Waals surface area contributed by atoms with Crippen LogP contribution in [0.1, 0.15) is 31.7 Å². The fraction of sp³-hybridized carbons (Fsp3) is 0.500. The first kappa shape index (κ1) is 13.5. The first-order valence-corrected chi connectivity index (χ1v) is 6.77. The minimum atomic E-state index is 0.855. The summed E-state index contributed by atoms with van der Waals surface area (Å²) in [5.74, 6) is 1.82. The third kappa shape index (κ3) is 2.75. The largest absolute Gasteiger partial charge is 0.370 e. The van der Waals surface area contributed by atoms with Gasteiger partial charge >= 0.3 is 0 Å². The summed E-state index contributed by atoms with van der Waals surface area (Å²) in [5, 5.41) is 7.54. The molecule has 2 rings (SSSR count). The van der Waals surface area contributed by atoms with E-state index in [0.717, 1.165) is 48.0 Å². The summed E-state index contributed by atoms with van der Waals surface area (Å²) in [6.45, 7) is 7.12. The van der Waals surface area contributed by atoms with E-state index < -0.39 is 0 Å². The molecule has 0 fully saturated rings. The van der Waals surface area contributed by atoms with Gasteiger partial charge in [0, 0.05) is 31.8 Å². The zero-order valence-electron chi connectivity index (χ0n) is 12.1. The molecular weight excluding hydrogens is 238 g/mol. The Kier molecular flexibility index (Phi) is 4.14. The number of nitrogens with zero attached hydrogens (tertiary/aromatic N) is 4. The van der Waals surface area contributed by atoms with Gasteiger partial charge in [0.2, 0.25) is 0 Å². The minimum absolute atomic E-state index is 0.855. The first-order chi connectivity index (χ1) is 9.17. The average molecular weight is 259 g/mol. The van der Waals surface area contributed by atoms with Gasteiger partial charge in [-0.15, -0.1) is 0 Å². The first-order valence-electron chi connectivity index (χ1n) is 6.77.